The van der Waals surface area contributed by atoms with Gasteiger partial charge >= 0.3 is 5.97 Å². The Morgan fingerprint density at radius 2 is 2.44 bits per heavy atom. The van der Waals surface area contributed by atoms with Crippen molar-refractivity contribution in [2.45, 2.75) is 13.3 Å². The molecule has 0 aromatic carbocycles. The molecule has 3 heteroatoms. The second-order valence-electron chi connectivity index (χ2n) is 1.60. The van der Waals surface area contributed by atoms with Crippen LogP contribution in [0, 0.1) is 6.26 Å². The van der Waals surface area contributed by atoms with Crippen molar-refractivity contribution in [3.05, 3.63) is 6.26 Å². The minimum absolute atomic E-state index is 0.205. The van der Waals surface area contributed by atoms with Crippen LogP contribution >= 0.6 is 11.8 Å². The molecule has 0 aliphatic heterocycles. The fourth-order valence-corrected chi connectivity index (χ4v) is 0.699. The van der Waals surface area contributed by atoms with E-state index in [1.165, 1.54) is 18.7 Å². The van der Waals surface area contributed by atoms with Gasteiger partial charge in [0.15, 0.2) is 0 Å². The van der Waals surface area contributed by atoms with E-state index >= 15 is 0 Å². The van der Waals surface area contributed by atoms with E-state index in [4.69, 9.17) is 0 Å². The zero-order chi connectivity index (χ0) is 7.11. The van der Waals surface area contributed by atoms with Gasteiger partial charge in [-0.05, 0) is 12.2 Å². The van der Waals surface area contributed by atoms with Crippen LogP contribution < -0.4 is 0 Å². The molecule has 0 saturated carbocycles. The molecule has 0 heterocycles. The Morgan fingerprint density at radius 1 is 1.78 bits per heavy atom. The average molecular weight is 147 g/mol. The standard InChI is InChI=1S/C6H11O2S/c1-6(7)8-4-3-5-9-2/h2-5H2,1H3. The van der Waals surface area contributed by atoms with Crippen LogP contribution in [0.1, 0.15) is 13.3 Å². The van der Waals surface area contributed by atoms with E-state index in [0.29, 0.717) is 6.61 Å². The van der Waals surface area contributed by atoms with Crippen LogP contribution in [0.3, 0.4) is 0 Å². The lowest BCUT2D eigenvalue weighted by Crippen LogP contribution is -2.00. The zero-order valence-corrected chi connectivity index (χ0v) is 6.37. The first-order valence-corrected chi connectivity index (χ1v) is 3.93. The second kappa shape index (κ2) is 5.95. The molecular weight excluding hydrogens is 136 g/mol. The van der Waals surface area contributed by atoms with E-state index in [2.05, 4.69) is 11.0 Å². The normalized spacial score (nSPS) is 9.11. The summed E-state index contributed by atoms with van der Waals surface area (Å²) in [6, 6.07) is 0. The quantitative estimate of drug-likeness (QED) is 0.445. The summed E-state index contributed by atoms with van der Waals surface area (Å²) in [5.41, 5.74) is 0. The van der Waals surface area contributed by atoms with Crippen LogP contribution in [0.4, 0.5) is 0 Å². The van der Waals surface area contributed by atoms with Crippen molar-refractivity contribution in [3.8, 4) is 0 Å². The molecule has 53 valence electrons. The highest BCUT2D eigenvalue weighted by Gasteiger charge is 1.90. The smallest absolute Gasteiger partial charge is 0.302 e. The van der Waals surface area contributed by atoms with Crippen LogP contribution in [0.2, 0.25) is 0 Å². The van der Waals surface area contributed by atoms with E-state index in [1.54, 1.807) is 0 Å². The average Bonchev–Trinajstić information content (AvgIpc) is 1.80. The lowest BCUT2D eigenvalue weighted by atomic mass is 10.5. The Labute approximate surface area is 60.0 Å². The fraction of sp³-hybridized carbons (Fsp3) is 0.667. The van der Waals surface area contributed by atoms with Crippen molar-refractivity contribution in [3.63, 3.8) is 0 Å². The predicted octanol–water partition coefficient (Wildman–Crippen LogP) is 1.46. The highest BCUT2D eigenvalue weighted by Crippen LogP contribution is 1.97. The van der Waals surface area contributed by atoms with Crippen molar-refractivity contribution in [2.75, 3.05) is 12.4 Å². The number of carbonyl (C=O) groups is 1. The number of rotatable bonds is 4. The molecule has 0 aromatic rings. The molecule has 0 aliphatic carbocycles. The number of carbonyl (C=O) groups excluding carboxylic acids is 1. The van der Waals surface area contributed by atoms with Gasteiger partial charge in [-0.25, -0.2) is 0 Å². The highest BCUT2D eigenvalue weighted by atomic mass is 32.2. The van der Waals surface area contributed by atoms with Crippen molar-refractivity contribution in [2.24, 2.45) is 0 Å². The van der Waals surface area contributed by atoms with Crippen molar-refractivity contribution in [1.82, 2.24) is 0 Å². The van der Waals surface area contributed by atoms with Crippen molar-refractivity contribution >= 4 is 17.7 Å². The monoisotopic (exact) mass is 147 g/mol. The Bertz CT molecular complexity index is 83.1. The molecule has 1 radical (unpaired) electrons. The van der Waals surface area contributed by atoms with E-state index in [1.807, 2.05) is 0 Å². The van der Waals surface area contributed by atoms with E-state index in [-0.39, 0.29) is 5.97 Å². The van der Waals surface area contributed by atoms with Gasteiger partial charge < -0.3 is 4.74 Å². The highest BCUT2D eigenvalue weighted by molar-refractivity contribution is 8.00. The number of ether oxygens (including phenoxy) is 1. The summed E-state index contributed by atoms with van der Waals surface area (Å²) in [5.74, 6) is 0.747. The summed E-state index contributed by atoms with van der Waals surface area (Å²) in [5, 5.41) is 0. The molecule has 0 N–H and O–H groups in total. The third-order valence-electron chi connectivity index (χ3n) is 0.738. The van der Waals surface area contributed by atoms with Crippen LogP contribution in [-0.4, -0.2) is 18.3 Å². The van der Waals surface area contributed by atoms with Crippen LogP contribution in [0.5, 0.6) is 0 Å². The number of hydrogen-bond acceptors (Lipinski definition) is 3. The van der Waals surface area contributed by atoms with Crippen molar-refractivity contribution < 1.29 is 9.53 Å². The summed E-state index contributed by atoms with van der Waals surface area (Å²) >= 11 is 1.51. The van der Waals surface area contributed by atoms with Crippen LogP contribution in [0.25, 0.3) is 0 Å². The largest absolute Gasteiger partial charge is 0.466 e. The molecule has 0 aliphatic rings. The maximum atomic E-state index is 10.2. The summed E-state index contributed by atoms with van der Waals surface area (Å²) < 4.78 is 4.66. The third-order valence-corrected chi connectivity index (χ3v) is 1.32. The summed E-state index contributed by atoms with van der Waals surface area (Å²) in [6.07, 6.45) is 4.48. The van der Waals surface area contributed by atoms with E-state index < -0.39 is 0 Å². The third kappa shape index (κ3) is 7.82. The lowest BCUT2D eigenvalue weighted by molar-refractivity contribution is -0.140. The molecular formula is C6H11O2S. The minimum Gasteiger partial charge on any atom is -0.466 e. The van der Waals surface area contributed by atoms with Gasteiger partial charge in [0.2, 0.25) is 0 Å². The first-order chi connectivity index (χ1) is 4.27. The van der Waals surface area contributed by atoms with Gasteiger partial charge in [-0.2, -0.15) is 11.8 Å². The lowest BCUT2D eigenvalue weighted by Gasteiger charge is -1.98. The second-order valence-corrected chi connectivity index (χ2v) is 2.42. The molecule has 0 rings (SSSR count). The number of esters is 1. The molecule has 2 nitrogen and oxygen atoms in total. The Morgan fingerprint density at radius 3 is 2.89 bits per heavy atom. The molecule has 0 atom stereocenters. The molecule has 0 unspecified atom stereocenters. The summed E-state index contributed by atoms with van der Waals surface area (Å²) in [6.45, 7) is 1.94. The maximum Gasteiger partial charge on any atom is 0.302 e. The maximum absolute atomic E-state index is 10.2. The first-order valence-electron chi connectivity index (χ1n) is 2.77. The number of hydrogen-bond donors (Lipinski definition) is 0. The first kappa shape index (κ1) is 8.82. The predicted molar refractivity (Wildman–Crippen MR) is 39.1 cm³/mol. The Balaban J connectivity index is 2.83. The minimum atomic E-state index is -0.205. The SMILES string of the molecule is [CH2]SCCCOC(C)=O. The Kier molecular flexibility index (Phi) is 5.83. The van der Waals surface area contributed by atoms with Crippen LogP contribution in [-0.2, 0) is 9.53 Å². The van der Waals surface area contributed by atoms with Gasteiger partial charge in [-0.1, -0.05) is 0 Å². The summed E-state index contributed by atoms with van der Waals surface area (Å²) in [7, 11) is 0. The van der Waals surface area contributed by atoms with Crippen LogP contribution in [0.15, 0.2) is 0 Å². The molecule has 0 amide bonds. The van der Waals surface area contributed by atoms with E-state index in [9.17, 15) is 4.79 Å². The van der Waals surface area contributed by atoms with Gasteiger partial charge in [0.25, 0.3) is 0 Å². The molecule has 0 bridgehead atoms. The molecule has 0 saturated heterocycles. The van der Waals surface area contributed by atoms with Crippen molar-refractivity contribution in [1.29, 1.82) is 0 Å². The van der Waals surface area contributed by atoms with Gasteiger partial charge in [0, 0.05) is 13.2 Å². The molecule has 0 spiro atoms. The molecule has 0 aromatic heterocycles. The van der Waals surface area contributed by atoms with Gasteiger partial charge in [-0.3, -0.25) is 4.79 Å². The van der Waals surface area contributed by atoms with Gasteiger partial charge in [-0.15, -0.1) is 0 Å². The summed E-state index contributed by atoms with van der Waals surface area (Å²) in [4.78, 5) is 10.2. The molecule has 9 heavy (non-hydrogen) atoms. The van der Waals surface area contributed by atoms with Gasteiger partial charge in [0.05, 0.1) is 6.61 Å². The fourth-order valence-electron chi connectivity index (χ4n) is 0.377. The van der Waals surface area contributed by atoms with E-state index in [0.717, 1.165) is 12.2 Å². The Hall–Kier alpha value is -0.180. The zero-order valence-electron chi connectivity index (χ0n) is 5.55. The molecule has 0 fully saturated rings. The topological polar surface area (TPSA) is 26.3 Å². The van der Waals surface area contributed by atoms with Gasteiger partial charge in [0.1, 0.15) is 0 Å². The number of thioether (sulfide) groups is 1.